The lowest BCUT2D eigenvalue weighted by atomic mass is 10.1. The standard InChI is InChI=1S/C17H19N3OS/c1-4-20(10-12(2)9-18)17(21)15-5-6-16(19-13(15)3)14-7-8-22-11-14/h5-8,11-12H,4,10H2,1-3H3/t12-/m1/s1. The number of nitriles is 1. The molecule has 2 rings (SSSR count). The molecule has 114 valence electrons. The van der Waals surface area contributed by atoms with Crippen LogP contribution in [0.25, 0.3) is 11.3 Å². The van der Waals surface area contributed by atoms with Gasteiger partial charge in [-0.15, -0.1) is 0 Å². The number of aromatic nitrogens is 1. The summed E-state index contributed by atoms with van der Waals surface area (Å²) in [5.41, 5.74) is 3.27. The van der Waals surface area contributed by atoms with E-state index in [0.717, 1.165) is 17.0 Å². The third-order valence-corrected chi connectivity index (χ3v) is 4.20. The maximum Gasteiger partial charge on any atom is 0.255 e. The van der Waals surface area contributed by atoms with Crippen molar-refractivity contribution in [1.29, 1.82) is 5.26 Å². The molecule has 0 spiro atoms. The molecule has 2 aromatic heterocycles. The molecule has 2 aromatic rings. The second kappa shape index (κ2) is 7.19. The van der Waals surface area contributed by atoms with Crippen LogP contribution in [0.5, 0.6) is 0 Å². The van der Waals surface area contributed by atoms with Gasteiger partial charge in [0.1, 0.15) is 0 Å². The van der Waals surface area contributed by atoms with Crippen molar-refractivity contribution < 1.29 is 4.79 Å². The Hall–Kier alpha value is -2.19. The number of aryl methyl sites for hydroxylation is 1. The van der Waals surface area contributed by atoms with Crippen LogP contribution >= 0.6 is 11.3 Å². The molecule has 22 heavy (non-hydrogen) atoms. The Balaban J connectivity index is 2.25. The van der Waals surface area contributed by atoms with Crippen LogP contribution in [0.1, 0.15) is 29.9 Å². The highest BCUT2D eigenvalue weighted by atomic mass is 32.1. The van der Waals surface area contributed by atoms with E-state index in [0.29, 0.717) is 18.7 Å². The van der Waals surface area contributed by atoms with Crippen LogP contribution in [0.15, 0.2) is 29.0 Å². The second-order valence-electron chi connectivity index (χ2n) is 5.22. The maximum atomic E-state index is 12.6. The topological polar surface area (TPSA) is 57.0 Å². The fourth-order valence-electron chi connectivity index (χ4n) is 2.26. The zero-order valence-corrected chi connectivity index (χ0v) is 13.9. The Morgan fingerprint density at radius 3 is 2.77 bits per heavy atom. The summed E-state index contributed by atoms with van der Waals surface area (Å²) in [5.74, 6) is -0.242. The van der Waals surface area contributed by atoms with E-state index in [2.05, 4.69) is 11.1 Å². The number of pyridine rings is 1. The Kier molecular flexibility index (Phi) is 5.29. The molecular formula is C17H19N3OS. The molecular weight excluding hydrogens is 294 g/mol. The molecule has 0 unspecified atom stereocenters. The van der Waals surface area contributed by atoms with Gasteiger partial charge in [-0.25, -0.2) is 0 Å². The van der Waals surface area contributed by atoms with E-state index < -0.39 is 0 Å². The minimum atomic E-state index is -0.178. The quantitative estimate of drug-likeness (QED) is 0.845. The first kappa shape index (κ1) is 16.2. The summed E-state index contributed by atoms with van der Waals surface area (Å²) >= 11 is 1.62. The van der Waals surface area contributed by atoms with Gasteiger partial charge < -0.3 is 4.90 Å². The number of rotatable bonds is 5. The van der Waals surface area contributed by atoms with Crippen LogP contribution in [-0.2, 0) is 0 Å². The number of hydrogen-bond acceptors (Lipinski definition) is 4. The lowest BCUT2D eigenvalue weighted by Crippen LogP contribution is -2.34. The number of carbonyl (C=O) groups excluding carboxylic acids is 1. The third-order valence-electron chi connectivity index (χ3n) is 3.52. The SMILES string of the molecule is CCN(C[C@H](C)C#N)C(=O)c1ccc(-c2ccsc2)nc1C. The van der Waals surface area contributed by atoms with Crippen LogP contribution in [0.4, 0.5) is 0 Å². The molecule has 0 aliphatic heterocycles. The van der Waals surface area contributed by atoms with E-state index in [1.165, 1.54) is 0 Å². The van der Waals surface area contributed by atoms with Gasteiger partial charge in [-0.05, 0) is 44.4 Å². The zero-order valence-electron chi connectivity index (χ0n) is 13.0. The number of hydrogen-bond donors (Lipinski definition) is 0. The zero-order chi connectivity index (χ0) is 16.1. The highest BCUT2D eigenvalue weighted by Crippen LogP contribution is 2.22. The van der Waals surface area contributed by atoms with Crippen LogP contribution in [0.2, 0.25) is 0 Å². The summed E-state index contributed by atoms with van der Waals surface area (Å²) in [5, 5.41) is 13.0. The Bertz CT molecular complexity index is 688. The van der Waals surface area contributed by atoms with Gasteiger partial charge in [0.2, 0.25) is 0 Å². The van der Waals surface area contributed by atoms with Crippen molar-refractivity contribution in [1.82, 2.24) is 9.88 Å². The molecule has 0 radical (unpaired) electrons. The van der Waals surface area contributed by atoms with Crippen molar-refractivity contribution in [3.05, 3.63) is 40.2 Å². The number of nitrogens with zero attached hydrogens (tertiary/aromatic N) is 3. The predicted molar refractivity (Wildman–Crippen MR) is 88.6 cm³/mol. The van der Waals surface area contributed by atoms with Gasteiger partial charge in [0.25, 0.3) is 5.91 Å². The van der Waals surface area contributed by atoms with Gasteiger partial charge in [0.15, 0.2) is 0 Å². The lowest BCUT2D eigenvalue weighted by Gasteiger charge is -2.22. The summed E-state index contributed by atoms with van der Waals surface area (Å²) in [4.78, 5) is 18.9. The molecule has 4 nitrogen and oxygen atoms in total. The molecule has 0 bridgehead atoms. The van der Waals surface area contributed by atoms with Gasteiger partial charge >= 0.3 is 0 Å². The summed E-state index contributed by atoms with van der Waals surface area (Å²) < 4.78 is 0. The second-order valence-corrected chi connectivity index (χ2v) is 6.00. The first-order valence-electron chi connectivity index (χ1n) is 7.26. The van der Waals surface area contributed by atoms with Crippen LogP contribution in [-0.4, -0.2) is 28.9 Å². The van der Waals surface area contributed by atoms with Gasteiger partial charge in [-0.2, -0.15) is 16.6 Å². The van der Waals surface area contributed by atoms with Crippen LogP contribution in [0.3, 0.4) is 0 Å². The lowest BCUT2D eigenvalue weighted by molar-refractivity contribution is 0.0751. The molecule has 0 aliphatic carbocycles. The molecule has 0 aliphatic rings. The highest BCUT2D eigenvalue weighted by molar-refractivity contribution is 7.08. The first-order chi connectivity index (χ1) is 10.6. The van der Waals surface area contributed by atoms with E-state index in [1.54, 1.807) is 16.2 Å². The van der Waals surface area contributed by atoms with E-state index in [9.17, 15) is 4.79 Å². The van der Waals surface area contributed by atoms with E-state index in [1.807, 2.05) is 49.7 Å². The molecule has 0 fully saturated rings. The van der Waals surface area contributed by atoms with Crippen molar-refractivity contribution in [2.75, 3.05) is 13.1 Å². The molecule has 2 heterocycles. The van der Waals surface area contributed by atoms with E-state index >= 15 is 0 Å². The Labute approximate surface area is 135 Å². The molecule has 5 heteroatoms. The number of carbonyl (C=O) groups is 1. The highest BCUT2D eigenvalue weighted by Gasteiger charge is 2.19. The fraction of sp³-hybridized carbons (Fsp3) is 0.353. The van der Waals surface area contributed by atoms with Crippen molar-refractivity contribution in [3.8, 4) is 17.3 Å². The van der Waals surface area contributed by atoms with Crippen LogP contribution in [0, 0.1) is 24.2 Å². The van der Waals surface area contributed by atoms with E-state index in [-0.39, 0.29) is 11.8 Å². The normalized spacial score (nSPS) is 11.7. The maximum absolute atomic E-state index is 12.6. The molecule has 0 saturated heterocycles. The van der Waals surface area contributed by atoms with Gasteiger partial charge in [-0.3, -0.25) is 9.78 Å². The fourth-order valence-corrected chi connectivity index (χ4v) is 2.91. The largest absolute Gasteiger partial charge is 0.338 e. The molecule has 1 amide bonds. The van der Waals surface area contributed by atoms with Gasteiger partial charge in [0.05, 0.1) is 28.9 Å². The van der Waals surface area contributed by atoms with Gasteiger partial charge in [0, 0.05) is 24.0 Å². The number of amides is 1. The summed E-state index contributed by atoms with van der Waals surface area (Å²) in [6, 6.07) is 7.89. The van der Waals surface area contributed by atoms with E-state index in [4.69, 9.17) is 5.26 Å². The Morgan fingerprint density at radius 2 is 2.23 bits per heavy atom. The average Bonchev–Trinajstić information content (AvgIpc) is 3.06. The summed E-state index contributed by atoms with van der Waals surface area (Å²) in [7, 11) is 0. The minimum Gasteiger partial charge on any atom is -0.338 e. The summed E-state index contributed by atoms with van der Waals surface area (Å²) in [6.07, 6.45) is 0. The smallest absolute Gasteiger partial charge is 0.255 e. The molecule has 0 saturated carbocycles. The van der Waals surface area contributed by atoms with Crippen molar-refractivity contribution in [3.63, 3.8) is 0 Å². The van der Waals surface area contributed by atoms with Gasteiger partial charge in [-0.1, -0.05) is 0 Å². The Morgan fingerprint density at radius 1 is 1.45 bits per heavy atom. The number of thiophene rings is 1. The molecule has 1 atom stereocenters. The monoisotopic (exact) mass is 313 g/mol. The van der Waals surface area contributed by atoms with Crippen molar-refractivity contribution >= 4 is 17.2 Å². The third kappa shape index (κ3) is 3.52. The minimum absolute atomic E-state index is 0.0635. The predicted octanol–water partition coefficient (Wildman–Crippen LogP) is 3.74. The molecule has 0 N–H and O–H groups in total. The van der Waals surface area contributed by atoms with Crippen molar-refractivity contribution in [2.45, 2.75) is 20.8 Å². The van der Waals surface area contributed by atoms with Crippen molar-refractivity contribution in [2.24, 2.45) is 5.92 Å². The first-order valence-corrected chi connectivity index (χ1v) is 8.20. The molecule has 0 aromatic carbocycles. The summed E-state index contributed by atoms with van der Waals surface area (Å²) in [6.45, 7) is 6.62. The van der Waals surface area contributed by atoms with Crippen LogP contribution < -0.4 is 0 Å². The average molecular weight is 313 g/mol.